The molecule has 1 aliphatic rings. The molecule has 0 bridgehead atoms. The largest absolute Gasteiger partial charge is 0.490 e. The minimum atomic E-state index is -5.08. The van der Waals surface area contributed by atoms with Crippen molar-refractivity contribution >= 4 is 50.2 Å². The third kappa shape index (κ3) is 12.8. The highest BCUT2D eigenvalue weighted by Crippen LogP contribution is 2.31. The number of carbonyl (C=O) groups is 3. The van der Waals surface area contributed by atoms with Gasteiger partial charge in [-0.2, -0.15) is 44.6 Å². The van der Waals surface area contributed by atoms with Gasteiger partial charge in [-0.1, -0.05) is 12.1 Å². The summed E-state index contributed by atoms with van der Waals surface area (Å²) in [7, 11) is -0.350. The lowest BCUT2D eigenvalue weighted by molar-refractivity contribution is -0.193. The van der Waals surface area contributed by atoms with E-state index in [1.807, 2.05) is 36.8 Å². The van der Waals surface area contributed by atoms with Crippen molar-refractivity contribution < 1.29 is 77.6 Å². The Balaban J connectivity index is 0.000000393. The molecule has 14 nitrogen and oxygen atoms in total. The second-order valence-electron chi connectivity index (χ2n) is 10.7. The van der Waals surface area contributed by atoms with Crippen LogP contribution in [-0.4, -0.2) is 120 Å². The maximum Gasteiger partial charge on any atom is 0.490 e. The Bertz CT molecular complexity index is 1940. The highest BCUT2D eigenvalue weighted by atomic mass is 32.2. The van der Waals surface area contributed by atoms with E-state index in [0.29, 0.717) is 4.90 Å². The smallest absolute Gasteiger partial charge is 0.475 e. The summed E-state index contributed by atoms with van der Waals surface area (Å²) in [4.78, 5) is 36.2. The number of hydrogen-bond donors (Lipinski definition) is 4. The summed E-state index contributed by atoms with van der Waals surface area (Å²) in [5.74, 6) is -8.27. The Labute approximate surface area is 299 Å². The molecule has 1 fully saturated rings. The number of nitrogens with zero attached hydrogens (tertiary/aromatic N) is 5. The fourth-order valence-electron chi connectivity index (χ4n) is 4.25. The Morgan fingerprint density at radius 2 is 1.24 bits per heavy atom. The van der Waals surface area contributed by atoms with E-state index < -0.39 is 46.5 Å². The second-order valence-corrected chi connectivity index (χ2v) is 12.9. The lowest BCUT2D eigenvalue weighted by atomic mass is 10.0. The van der Waals surface area contributed by atoms with Gasteiger partial charge in [-0.3, -0.25) is 10.1 Å². The summed E-state index contributed by atoms with van der Waals surface area (Å²) < 4.78 is 122. The van der Waals surface area contributed by atoms with Crippen LogP contribution in [0.1, 0.15) is 0 Å². The van der Waals surface area contributed by atoms with Gasteiger partial charge in [0.15, 0.2) is 0 Å². The predicted molar refractivity (Wildman–Crippen MR) is 172 cm³/mol. The number of carboxylic acids is 3. The van der Waals surface area contributed by atoms with Gasteiger partial charge in [0, 0.05) is 75.0 Å². The van der Waals surface area contributed by atoms with Gasteiger partial charge in [0.05, 0.1) is 16.6 Å². The molecule has 1 saturated heterocycles. The molecule has 5 rings (SSSR count). The molecule has 0 aliphatic carbocycles. The number of halogens is 9. The van der Waals surface area contributed by atoms with Crippen LogP contribution < -0.4 is 9.80 Å². The van der Waals surface area contributed by atoms with E-state index >= 15 is 0 Å². The van der Waals surface area contributed by atoms with Gasteiger partial charge in [-0.25, -0.2) is 27.1 Å². The van der Waals surface area contributed by atoms with Crippen molar-refractivity contribution in [2.24, 2.45) is 0 Å². The number of sulfonamides is 1. The normalized spacial score (nSPS) is 13.5. The number of benzene rings is 2. The Morgan fingerprint density at radius 1 is 0.741 bits per heavy atom. The highest BCUT2D eigenvalue weighted by molar-refractivity contribution is 7.89. The van der Waals surface area contributed by atoms with Crippen LogP contribution in [0.25, 0.3) is 22.0 Å². The van der Waals surface area contributed by atoms with Gasteiger partial charge < -0.3 is 25.1 Å². The lowest BCUT2D eigenvalue weighted by Gasteiger charge is -2.38. The minimum absolute atomic E-state index is 0.319. The standard InChI is InChI=1S/C24H26N6O2S.3C2HF3O2/c1-28(2)33(31,32)21-5-3-4-20(15-21)29-10-12-30(13-11-29)24-8-9-25-23-7-6-18(14-22(23)24)19-16-26-27-17-19;3*3-2(4,5)1(6)7/h3-9,14-17H,10-13H2,1-2H3,(H,26,27);3*(H,6,7). The van der Waals surface area contributed by atoms with Crippen LogP contribution in [-0.2, 0) is 24.4 Å². The zero-order valence-electron chi connectivity index (χ0n) is 27.6. The number of aliphatic carboxylic acids is 3. The van der Waals surface area contributed by atoms with Gasteiger partial charge in [0.25, 0.3) is 0 Å². The fraction of sp³-hybridized carbons (Fsp3) is 0.300. The molecule has 4 aromatic rings. The van der Waals surface area contributed by atoms with E-state index in [4.69, 9.17) is 29.7 Å². The Kier molecular flexibility index (Phi) is 14.8. The number of nitrogens with one attached hydrogen (secondary N) is 1. The van der Waals surface area contributed by atoms with E-state index in [1.54, 1.807) is 26.2 Å². The number of H-pyrrole nitrogens is 1. The summed E-state index contributed by atoms with van der Waals surface area (Å²) in [6.07, 6.45) is -9.68. The molecule has 0 atom stereocenters. The Hall–Kier alpha value is -5.65. The van der Waals surface area contributed by atoms with Gasteiger partial charge in [-0.15, -0.1) is 0 Å². The van der Waals surface area contributed by atoms with Crippen LogP contribution in [0.4, 0.5) is 50.9 Å². The van der Waals surface area contributed by atoms with Crippen molar-refractivity contribution in [1.29, 1.82) is 0 Å². The van der Waals surface area contributed by atoms with Crippen LogP contribution in [0.5, 0.6) is 0 Å². The number of fused-ring (bicyclic) bond motifs is 1. The monoisotopic (exact) mass is 804 g/mol. The molecule has 0 amide bonds. The number of piperazine rings is 1. The number of carboxylic acid groups (broad SMARTS) is 3. The van der Waals surface area contributed by atoms with E-state index in [9.17, 15) is 47.9 Å². The van der Waals surface area contributed by atoms with Crippen molar-refractivity contribution in [2.45, 2.75) is 23.4 Å². The van der Waals surface area contributed by atoms with E-state index in [-0.39, 0.29) is 0 Å². The van der Waals surface area contributed by atoms with Crippen LogP contribution in [0, 0.1) is 0 Å². The van der Waals surface area contributed by atoms with Crippen LogP contribution >= 0.6 is 0 Å². The van der Waals surface area contributed by atoms with E-state index in [0.717, 1.165) is 59.6 Å². The number of pyridine rings is 1. The summed E-state index contributed by atoms with van der Waals surface area (Å²) in [6, 6.07) is 15.6. The van der Waals surface area contributed by atoms with Crippen LogP contribution in [0.15, 0.2) is 72.0 Å². The van der Waals surface area contributed by atoms with Crippen molar-refractivity contribution in [3.05, 3.63) is 67.1 Å². The summed E-state index contributed by atoms with van der Waals surface area (Å²) in [5, 5.41) is 29.4. The van der Waals surface area contributed by atoms with Crippen molar-refractivity contribution in [3.8, 4) is 11.1 Å². The topological polar surface area (TPSA) is 197 Å². The number of rotatable bonds is 5. The zero-order valence-corrected chi connectivity index (χ0v) is 28.4. The maximum absolute atomic E-state index is 12.5. The number of alkyl halides is 9. The molecule has 3 heterocycles. The average molecular weight is 805 g/mol. The molecule has 4 N–H and O–H groups in total. The van der Waals surface area contributed by atoms with Crippen LogP contribution in [0.2, 0.25) is 0 Å². The van der Waals surface area contributed by atoms with E-state index in [2.05, 4.69) is 43.2 Å². The molecule has 54 heavy (non-hydrogen) atoms. The van der Waals surface area contributed by atoms with Gasteiger partial charge >= 0.3 is 36.4 Å². The third-order valence-corrected chi connectivity index (χ3v) is 8.67. The number of aromatic amines is 1. The minimum Gasteiger partial charge on any atom is -0.475 e. The molecular formula is C30H29F9N6O8S. The second kappa shape index (κ2) is 17.9. The molecule has 1 aliphatic heterocycles. The van der Waals surface area contributed by atoms with Crippen molar-refractivity contribution in [1.82, 2.24) is 19.5 Å². The zero-order chi connectivity index (χ0) is 41.2. The fourth-order valence-corrected chi connectivity index (χ4v) is 5.19. The van der Waals surface area contributed by atoms with Gasteiger partial charge in [0.1, 0.15) is 0 Å². The summed E-state index contributed by atoms with van der Waals surface area (Å²) in [5.41, 5.74) is 5.20. The molecule has 296 valence electrons. The molecular weight excluding hydrogens is 775 g/mol. The van der Waals surface area contributed by atoms with E-state index in [1.165, 1.54) is 4.31 Å². The summed E-state index contributed by atoms with van der Waals surface area (Å²) in [6.45, 7) is 3.27. The molecule has 0 radical (unpaired) electrons. The molecule has 2 aromatic carbocycles. The number of hydrogen-bond acceptors (Lipinski definition) is 9. The third-order valence-electron chi connectivity index (χ3n) is 6.86. The number of anilines is 2. The maximum atomic E-state index is 12.5. The first-order chi connectivity index (χ1) is 24.8. The Morgan fingerprint density at radius 3 is 1.69 bits per heavy atom. The molecule has 0 spiro atoms. The molecule has 2 aromatic heterocycles. The average Bonchev–Trinajstić information content (AvgIpc) is 3.63. The first kappa shape index (κ1) is 44.5. The van der Waals surface area contributed by atoms with Crippen LogP contribution in [0.3, 0.4) is 0 Å². The summed E-state index contributed by atoms with van der Waals surface area (Å²) >= 11 is 0. The molecule has 0 saturated carbocycles. The first-order valence-electron chi connectivity index (χ1n) is 14.6. The quantitative estimate of drug-likeness (QED) is 0.195. The van der Waals surface area contributed by atoms with Crippen molar-refractivity contribution in [3.63, 3.8) is 0 Å². The SMILES string of the molecule is CN(C)S(=O)(=O)c1cccc(N2CCN(c3ccnc4ccc(-c5cn[nH]c5)cc34)CC2)c1.O=C(O)C(F)(F)F.O=C(O)C(F)(F)F.O=C(O)C(F)(F)F. The predicted octanol–water partition coefficient (Wildman–Crippen LogP) is 5.10. The first-order valence-corrected chi connectivity index (χ1v) is 16.0. The van der Waals surface area contributed by atoms with Gasteiger partial charge in [-0.05, 0) is 42.0 Å². The lowest BCUT2D eigenvalue weighted by Crippen LogP contribution is -2.46. The molecule has 0 unspecified atom stereocenters. The molecule has 24 heteroatoms. The van der Waals surface area contributed by atoms with Gasteiger partial charge in [0.2, 0.25) is 10.0 Å². The number of aromatic nitrogens is 3. The highest BCUT2D eigenvalue weighted by Gasteiger charge is 2.39. The van der Waals surface area contributed by atoms with Crippen molar-refractivity contribution in [2.75, 3.05) is 50.1 Å².